The molecule has 9 heteroatoms. The molecule has 1 aliphatic rings. The molecule has 4 rings (SSSR count). The summed E-state index contributed by atoms with van der Waals surface area (Å²) in [6.45, 7) is 3.10. The lowest BCUT2D eigenvalue weighted by atomic mass is 9.59. The number of aryl methyl sites for hydroxylation is 3. The number of ether oxygens (including phenoxy) is 1. The number of hydrogen-bond donors (Lipinski definition) is 2. The van der Waals surface area contributed by atoms with E-state index in [4.69, 9.17) is 10.5 Å². The maximum atomic E-state index is 10.9. The van der Waals surface area contributed by atoms with Crippen LogP contribution >= 0.6 is 0 Å². The number of nitrogens with two attached hydrogens (primary N) is 1. The number of nitriles is 1. The molecule has 0 saturated heterocycles. The maximum absolute atomic E-state index is 10.9. The van der Waals surface area contributed by atoms with Crippen LogP contribution in [0.4, 0.5) is 5.82 Å². The largest absolute Gasteiger partial charge is 0.467 e. The number of nitrogens with zero attached hydrogens (tertiary/aromatic N) is 5. The summed E-state index contributed by atoms with van der Waals surface area (Å²) in [5.41, 5.74) is 10.8. The first-order valence-electron chi connectivity index (χ1n) is 9.43. The Bertz CT molecular complexity index is 1140. The fraction of sp³-hybridized carbons (Fsp3) is 0.300. The average molecular weight is 388 g/mol. The van der Waals surface area contributed by atoms with Crippen molar-refractivity contribution in [1.82, 2.24) is 19.7 Å². The van der Waals surface area contributed by atoms with Crippen LogP contribution in [0, 0.1) is 18.3 Å². The van der Waals surface area contributed by atoms with Crippen LogP contribution in [0.3, 0.4) is 0 Å². The zero-order valence-corrected chi connectivity index (χ0v) is 16.5. The van der Waals surface area contributed by atoms with E-state index in [1.165, 1.54) is 10.9 Å². The first-order chi connectivity index (χ1) is 13.9. The van der Waals surface area contributed by atoms with Gasteiger partial charge in [0.05, 0.1) is 23.0 Å². The van der Waals surface area contributed by atoms with Gasteiger partial charge in [0.15, 0.2) is 5.82 Å². The molecule has 1 atom stereocenters. The molecule has 0 saturated carbocycles. The molecule has 2 aromatic heterocycles. The SMILES string of the molecule is Cc1ccc2c(c1)[C@@H](C)Oc1nc(cnc1N)-c1c(nn(C)c1C#N)B(O)CC2. The van der Waals surface area contributed by atoms with Crippen LogP contribution in [0.2, 0.25) is 6.32 Å². The van der Waals surface area contributed by atoms with Gasteiger partial charge in [0, 0.05) is 7.05 Å². The van der Waals surface area contributed by atoms with Crippen molar-refractivity contribution in [2.75, 3.05) is 5.73 Å². The first-order valence-corrected chi connectivity index (χ1v) is 9.43. The van der Waals surface area contributed by atoms with E-state index in [0.29, 0.717) is 35.3 Å². The summed E-state index contributed by atoms with van der Waals surface area (Å²) in [7, 11) is 1.67. The third-order valence-corrected chi connectivity index (χ3v) is 5.23. The van der Waals surface area contributed by atoms with Crippen LogP contribution in [0.1, 0.15) is 35.4 Å². The van der Waals surface area contributed by atoms with E-state index in [2.05, 4.69) is 33.3 Å². The Morgan fingerprint density at radius 1 is 1.41 bits per heavy atom. The van der Waals surface area contributed by atoms with E-state index < -0.39 is 6.92 Å². The molecule has 1 aromatic carbocycles. The van der Waals surface area contributed by atoms with Gasteiger partial charge in [0.2, 0.25) is 0 Å². The molecule has 0 fully saturated rings. The summed E-state index contributed by atoms with van der Waals surface area (Å²) in [5.74, 6) is 0.354. The van der Waals surface area contributed by atoms with Gasteiger partial charge in [-0.25, -0.2) is 9.97 Å². The minimum atomic E-state index is -0.856. The summed E-state index contributed by atoms with van der Waals surface area (Å²) in [4.78, 5) is 8.73. The third-order valence-electron chi connectivity index (χ3n) is 5.23. The number of aromatic nitrogens is 4. The highest BCUT2D eigenvalue weighted by Gasteiger charge is 2.29. The highest BCUT2D eigenvalue weighted by molar-refractivity contribution is 6.66. The minimum Gasteiger partial charge on any atom is -0.467 e. The molecule has 29 heavy (non-hydrogen) atoms. The zero-order valence-electron chi connectivity index (χ0n) is 16.5. The Kier molecular flexibility index (Phi) is 4.72. The normalized spacial score (nSPS) is 16.0. The summed E-state index contributed by atoms with van der Waals surface area (Å²) < 4.78 is 7.54. The van der Waals surface area contributed by atoms with Gasteiger partial charge >= 0.3 is 6.92 Å². The number of rotatable bonds is 0. The molecule has 0 unspecified atom stereocenters. The Balaban J connectivity index is 1.94. The lowest BCUT2D eigenvalue weighted by Crippen LogP contribution is -2.34. The Morgan fingerprint density at radius 3 is 2.97 bits per heavy atom. The van der Waals surface area contributed by atoms with Crippen molar-refractivity contribution in [3.63, 3.8) is 0 Å². The summed E-state index contributed by atoms with van der Waals surface area (Å²) in [6.07, 6.45) is 2.26. The predicted molar refractivity (Wildman–Crippen MR) is 110 cm³/mol. The van der Waals surface area contributed by atoms with Crippen LogP contribution in [-0.2, 0) is 13.5 Å². The molecule has 8 nitrogen and oxygen atoms in total. The van der Waals surface area contributed by atoms with Gasteiger partial charge in [-0.15, -0.1) is 0 Å². The molecule has 146 valence electrons. The van der Waals surface area contributed by atoms with Crippen LogP contribution < -0.4 is 16.1 Å². The van der Waals surface area contributed by atoms with E-state index in [1.54, 1.807) is 7.05 Å². The second-order valence-electron chi connectivity index (χ2n) is 7.31. The zero-order chi connectivity index (χ0) is 20.7. The van der Waals surface area contributed by atoms with Gasteiger partial charge < -0.3 is 15.5 Å². The summed E-state index contributed by atoms with van der Waals surface area (Å²) >= 11 is 0. The third kappa shape index (κ3) is 3.32. The molecular formula is C20H21BN6O2. The van der Waals surface area contributed by atoms with Crippen LogP contribution in [0.25, 0.3) is 11.3 Å². The van der Waals surface area contributed by atoms with E-state index >= 15 is 0 Å². The number of nitrogen functional groups attached to an aromatic ring is 1. The molecule has 0 amide bonds. The lowest BCUT2D eigenvalue weighted by molar-refractivity contribution is 0.217. The smallest absolute Gasteiger partial charge is 0.347 e. The maximum Gasteiger partial charge on any atom is 0.347 e. The summed E-state index contributed by atoms with van der Waals surface area (Å²) in [5, 5.41) is 24.9. The molecule has 1 aliphatic heterocycles. The van der Waals surface area contributed by atoms with Gasteiger partial charge in [-0.2, -0.15) is 10.4 Å². The quantitative estimate of drug-likeness (QED) is 0.560. The predicted octanol–water partition coefficient (Wildman–Crippen LogP) is 1.53. The summed E-state index contributed by atoms with van der Waals surface area (Å²) in [6, 6.07) is 8.31. The Labute approximate surface area is 169 Å². The van der Waals surface area contributed by atoms with Gasteiger partial charge in [-0.05, 0) is 37.7 Å². The fourth-order valence-electron chi connectivity index (χ4n) is 3.73. The van der Waals surface area contributed by atoms with Crippen molar-refractivity contribution < 1.29 is 9.76 Å². The number of hydrogen-bond acceptors (Lipinski definition) is 7. The number of fused-ring (bicyclic) bond motifs is 5. The molecule has 0 aliphatic carbocycles. The van der Waals surface area contributed by atoms with Crippen LogP contribution in [0.5, 0.6) is 5.88 Å². The molecule has 3 N–H and O–H groups in total. The van der Waals surface area contributed by atoms with Crippen LogP contribution in [0.15, 0.2) is 24.4 Å². The first kappa shape index (κ1) is 19.0. The monoisotopic (exact) mass is 388 g/mol. The minimum absolute atomic E-state index is 0.163. The van der Waals surface area contributed by atoms with Gasteiger partial charge in [-0.3, -0.25) is 4.68 Å². The molecule has 0 spiro atoms. The molecular weight excluding hydrogens is 367 g/mol. The number of benzene rings is 1. The second kappa shape index (κ2) is 7.22. The molecule has 3 heterocycles. The van der Waals surface area contributed by atoms with E-state index in [1.807, 2.05) is 19.9 Å². The molecule has 2 bridgehead atoms. The van der Waals surface area contributed by atoms with E-state index in [0.717, 1.165) is 16.7 Å². The second-order valence-corrected chi connectivity index (χ2v) is 7.31. The van der Waals surface area contributed by atoms with Gasteiger partial charge in [0.1, 0.15) is 17.9 Å². The van der Waals surface area contributed by atoms with Crippen molar-refractivity contribution in [1.29, 1.82) is 5.26 Å². The van der Waals surface area contributed by atoms with E-state index in [-0.39, 0.29) is 17.8 Å². The van der Waals surface area contributed by atoms with Crippen molar-refractivity contribution in [3.8, 4) is 23.2 Å². The molecule has 0 radical (unpaired) electrons. The van der Waals surface area contributed by atoms with Gasteiger partial charge in [-0.1, -0.05) is 23.8 Å². The van der Waals surface area contributed by atoms with Crippen molar-refractivity contribution in [3.05, 3.63) is 46.8 Å². The van der Waals surface area contributed by atoms with Crippen LogP contribution in [-0.4, -0.2) is 31.7 Å². The highest BCUT2D eigenvalue weighted by Crippen LogP contribution is 2.31. The lowest BCUT2D eigenvalue weighted by Gasteiger charge is -2.20. The molecule has 3 aromatic rings. The van der Waals surface area contributed by atoms with E-state index in [9.17, 15) is 10.3 Å². The fourth-order valence-corrected chi connectivity index (χ4v) is 3.73. The van der Waals surface area contributed by atoms with Crippen molar-refractivity contribution in [2.45, 2.75) is 32.7 Å². The van der Waals surface area contributed by atoms with Crippen molar-refractivity contribution in [2.24, 2.45) is 7.05 Å². The number of anilines is 1. The Morgan fingerprint density at radius 2 is 2.21 bits per heavy atom. The standard InChI is InChI=1S/C20H21BN6O2/c1-11-4-5-13-6-7-21(28)18-17(16(9-22)27(3)26-18)15-10-24-19(23)20(25-15)29-12(2)14(13)8-11/h4-5,8,10,12,28H,6-7H2,1-3H3,(H2,23,24)/t12-/m1/s1. The topological polar surface area (TPSA) is 123 Å². The van der Waals surface area contributed by atoms with Gasteiger partial charge in [0.25, 0.3) is 5.88 Å². The average Bonchev–Trinajstić information content (AvgIpc) is 3.04. The Hall–Kier alpha value is -3.38. The highest BCUT2D eigenvalue weighted by atomic mass is 16.5. The van der Waals surface area contributed by atoms with Crippen molar-refractivity contribution >= 4 is 18.3 Å².